The molecule has 0 aliphatic carbocycles. The number of thiophene rings is 1. The lowest BCUT2D eigenvalue weighted by Gasteiger charge is -2.15. The van der Waals surface area contributed by atoms with Crippen molar-refractivity contribution < 1.29 is 0 Å². The zero-order valence-corrected chi connectivity index (χ0v) is 31.7. The van der Waals surface area contributed by atoms with Crippen LogP contribution in [0.3, 0.4) is 0 Å². The lowest BCUT2D eigenvalue weighted by molar-refractivity contribution is 1.19. The highest BCUT2D eigenvalue weighted by Gasteiger charge is 2.18. The molecule has 2 nitrogen and oxygen atoms in total. The van der Waals surface area contributed by atoms with E-state index < -0.39 is 0 Å². The molecular formula is C54H34N2S. The van der Waals surface area contributed by atoms with Crippen molar-refractivity contribution in [3.05, 3.63) is 206 Å². The predicted octanol–water partition coefficient (Wildman–Crippen LogP) is 15.2. The lowest BCUT2D eigenvalue weighted by atomic mass is 9.92. The second-order valence-electron chi connectivity index (χ2n) is 14.5. The van der Waals surface area contributed by atoms with Gasteiger partial charge in [0.05, 0.1) is 11.4 Å². The highest BCUT2D eigenvalue weighted by Crippen LogP contribution is 2.43. The van der Waals surface area contributed by atoms with Gasteiger partial charge >= 0.3 is 0 Å². The number of benzene rings is 9. The number of aromatic nitrogens is 2. The van der Waals surface area contributed by atoms with Crippen LogP contribution in [0, 0.1) is 0 Å². The summed E-state index contributed by atoms with van der Waals surface area (Å²) in [5.74, 6) is 0.700. The number of fused-ring (bicyclic) bond motifs is 6. The molecule has 0 atom stereocenters. The van der Waals surface area contributed by atoms with Crippen LogP contribution in [-0.2, 0) is 0 Å². The second kappa shape index (κ2) is 13.8. The van der Waals surface area contributed by atoms with Gasteiger partial charge in [-0.15, -0.1) is 11.3 Å². The first kappa shape index (κ1) is 33.2. The SMILES string of the molecule is c1ccc(-c2ccc(-c3cc(-c4cc(-c5cc6ccccc6c6ccccc56)nc(-c5ccccc5)n4)cc(-c4cccc5c4sc4ccccc45)c3)cc2)cc1. The van der Waals surface area contributed by atoms with Gasteiger partial charge in [-0.25, -0.2) is 9.97 Å². The molecule has 0 saturated carbocycles. The molecule has 9 aromatic carbocycles. The third-order valence-electron chi connectivity index (χ3n) is 11.1. The minimum Gasteiger partial charge on any atom is -0.228 e. The van der Waals surface area contributed by atoms with E-state index in [2.05, 4.69) is 200 Å². The van der Waals surface area contributed by atoms with Gasteiger partial charge in [0.1, 0.15) is 0 Å². The van der Waals surface area contributed by atoms with Gasteiger partial charge in [-0.3, -0.25) is 0 Å². The molecule has 0 aliphatic rings. The number of nitrogens with zero attached hydrogens (tertiary/aromatic N) is 2. The van der Waals surface area contributed by atoms with Crippen LogP contribution in [0.15, 0.2) is 206 Å². The van der Waals surface area contributed by atoms with Crippen molar-refractivity contribution in [3.8, 4) is 67.3 Å². The summed E-state index contributed by atoms with van der Waals surface area (Å²) in [6.45, 7) is 0. The zero-order valence-electron chi connectivity index (χ0n) is 30.9. The molecule has 0 aliphatic heterocycles. The average molecular weight is 743 g/mol. The normalized spacial score (nSPS) is 11.5. The highest BCUT2D eigenvalue weighted by atomic mass is 32.1. The largest absolute Gasteiger partial charge is 0.228 e. The molecule has 0 N–H and O–H groups in total. The van der Waals surface area contributed by atoms with E-state index >= 15 is 0 Å². The molecule has 0 spiro atoms. The number of rotatable bonds is 6. The van der Waals surface area contributed by atoms with Gasteiger partial charge in [-0.1, -0.05) is 170 Å². The predicted molar refractivity (Wildman–Crippen MR) is 243 cm³/mol. The fraction of sp³-hybridized carbons (Fsp3) is 0. The summed E-state index contributed by atoms with van der Waals surface area (Å²) in [6, 6.07) is 74.0. The van der Waals surface area contributed by atoms with Gasteiger partial charge in [-0.05, 0) is 91.3 Å². The molecule has 2 heterocycles. The smallest absolute Gasteiger partial charge is 0.160 e. The summed E-state index contributed by atoms with van der Waals surface area (Å²) < 4.78 is 2.58. The fourth-order valence-corrected chi connectivity index (χ4v) is 9.51. The third-order valence-corrected chi connectivity index (χ3v) is 12.3. The maximum Gasteiger partial charge on any atom is 0.160 e. The Morgan fingerprint density at radius 2 is 0.860 bits per heavy atom. The zero-order chi connectivity index (χ0) is 37.7. The average Bonchev–Trinajstić information content (AvgIpc) is 3.68. The Bertz CT molecular complexity index is 3270. The molecule has 0 amide bonds. The minimum absolute atomic E-state index is 0.700. The van der Waals surface area contributed by atoms with Crippen LogP contribution >= 0.6 is 11.3 Å². The Morgan fingerprint density at radius 3 is 1.65 bits per heavy atom. The molecule has 0 radical (unpaired) electrons. The summed E-state index contributed by atoms with van der Waals surface area (Å²) in [5.41, 5.74) is 12.0. The summed E-state index contributed by atoms with van der Waals surface area (Å²) >= 11 is 1.86. The quantitative estimate of drug-likeness (QED) is 0.159. The Morgan fingerprint density at radius 1 is 0.298 bits per heavy atom. The first-order valence-electron chi connectivity index (χ1n) is 19.3. The van der Waals surface area contributed by atoms with Crippen molar-refractivity contribution in [2.75, 3.05) is 0 Å². The first-order chi connectivity index (χ1) is 28.2. The summed E-state index contributed by atoms with van der Waals surface area (Å²) in [7, 11) is 0. The molecule has 2 aromatic heterocycles. The van der Waals surface area contributed by atoms with Gasteiger partial charge in [0.15, 0.2) is 5.82 Å². The van der Waals surface area contributed by atoms with E-state index in [0.29, 0.717) is 5.82 Å². The topological polar surface area (TPSA) is 25.8 Å². The van der Waals surface area contributed by atoms with E-state index in [9.17, 15) is 0 Å². The van der Waals surface area contributed by atoms with Crippen molar-refractivity contribution in [2.45, 2.75) is 0 Å². The van der Waals surface area contributed by atoms with Crippen LogP contribution in [0.4, 0.5) is 0 Å². The molecule has 266 valence electrons. The van der Waals surface area contributed by atoms with Crippen LogP contribution in [0.5, 0.6) is 0 Å². The molecule has 0 bridgehead atoms. The number of hydrogen-bond donors (Lipinski definition) is 0. The maximum absolute atomic E-state index is 5.35. The van der Waals surface area contributed by atoms with Crippen LogP contribution in [0.2, 0.25) is 0 Å². The summed E-state index contributed by atoms with van der Waals surface area (Å²) in [6.07, 6.45) is 0. The van der Waals surface area contributed by atoms with Gasteiger partial charge in [0, 0.05) is 36.9 Å². The fourth-order valence-electron chi connectivity index (χ4n) is 8.27. The molecule has 3 heteroatoms. The van der Waals surface area contributed by atoms with E-state index in [0.717, 1.165) is 44.8 Å². The van der Waals surface area contributed by atoms with Crippen LogP contribution in [-0.4, -0.2) is 9.97 Å². The standard InChI is InChI=1S/C54H34N2S/c1-3-14-35(15-4-1)36-26-28-37(29-27-36)40-30-41(44-23-13-24-48-47-22-11-12-25-52(47)57-53(44)48)32-42(31-40)50-34-51(56-54(55-50)38-16-5-2-6-17-38)49-33-39-18-7-8-19-43(39)45-20-9-10-21-46(45)49/h1-34H. The van der Waals surface area contributed by atoms with Gasteiger partial charge in [0.2, 0.25) is 0 Å². The van der Waals surface area contributed by atoms with Crippen molar-refractivity contribution in [1.29, 1.82) is 0 Å². The Kier molecular flexibility index (Phi) is 8.04. The van der Waals surface area contributed by atoms with E-state index in [4.69, 9.17) is 9.97 Å². The number of hydrogen-bond acceptors (Lipinski definition) is 3. The molecule has 0 unspecified atom stereocenters. The van der Waals surface area contributed by atoms with Crippen LogP contribution < -0.4 is 0 Å². The van der Waals surface area contributed by atoms with E-state index in [1.807, 2.05) is 17.4 Å². The third kappa shape index (κ3) is 5.97. The molecular weight excluding hydrogens is 709 g/mol. The Hall–Kier alpha value is -7.20. The van der Waals surface area contributed by atoms with Gasteiger partial charge < -0.3 is 0 Å². The van der Waals surface area contributed by atoms with Gasteiger partial charge in [-0.2, -0.15) is 0 Å². The Balaban J connectivity index is 1.16. The van der Waals surface area contributed by atoms with E-state index in [-0.39, 0.29) is 0 Å². The van der Waals surface area contributed by atoms with E-state index in [1.54, 1.807) is 0 Å². The maximum atomic E-state index is 5.35. The van der Waals surface area contributed by atoms with Crippen LogP contribution in [0.25, 0.3) is 109 Å². The lowest BCUT2D eigenvalue weighted by Crippen LogP contribution is -1.97. The van der Waals surface area contributed by atoms with Gasteiger partial charge in [0.25, 0.3) is 0 Å². The van der Waals surface area contributed by atoms with Crippen molar-refractivity contribution in [1.82, 2.24) is 9.97 Å². The second-order valence-corrected chi connectivity index (χ2v) is 15.6. The molecule has 57 heavy (non-hydrogen) atoms. The highest BCUT2D eigenvalue weighted by molar-refractivity contribution is 7.26. The summed E-state index contributed by atoms with van der Waals surface area (Å²) in [5, 5.41) is 7.39. The molecule has 11 aromatic rings. The van der Waals surface area contributed by atoms with E-state index in [1.165, 1.54) is 58.4 Å². The monoisotopic (exact) mass is 742 g/mol. The molecule has 0 saturated heterocycles. The van der Waals surface area contributed by atoms with Crippen LogP contribution in [0.1, 0.15) is 0 Å². The van der Waals surface area contributed by atoms with Crippen molar-refractivity contribution >= 4 is 53.1 Å². The minimum atomic E-state index is 0.700. The molecule has 11 rings (SSSR count). The molecule has 0 fully saturated rings. The summed E-state index contributed by atoms with van der Waals surface area (Å²) in [4.78, 5) is 10.7. The Labute approximate surface area is 335 Å². The van der Waals surface area contributed by atoms with Crippen molar-refractivity contribution in [2.24, 2.45) is 0 Å². The first-order valence-corrected chi connectivity index (χ1v) is 20.1. The van der Waals surface area contributed by atoms with Crippen molar-refractivity contribution in [3.63, 3.8) is 0 Å².